The van der Waals surface area contributed by atoms with E-state index in [4.69, 9.17) is 0 Å². The molecule has 1 aliphatic rings. The molecule has 1 saturated heterocycles. The van der Waals surface area contributed by atoms with E-state index in [9.17, 15) is 9.90 Å². The lowest BCUT2D eigenvalue weighted by Gasteiger charge is -2.26. The molecule has 1 aliphatic heterocycles. The zero-order valence-corrected chi connectivity index (χ0v) is 14.2. The molecule has 4 nitrogen and oxygen atoms in total. The van der Waals surface area contributed by atoms with Gasteiger partial charge >= 0.3 is 0 Å². The van der Waals surface area contributed by atoms with Crippen LogP contribution in [-0.2, 0) is 0 Å². The number of benzene rings is 1. The third-order valence-electron chi connectivity index (χ3n) is 3.88. The summed E-state index contributed by atoms with van der Waals surface area (Å²) >= 11 is 3.42. The number of rotatable bonds is 6. The molecule has 1 N–H and O–H groups in total. The predicted octanol–water partition coefficient (Wildman–Crippen LogP) is 2.02. The van der Waals surface area contributed by atoms with E-state index in [0.717, 1.165) is 23.0 Å². The molecule has 1 fully saturated rings. The molecule has 0 saturated carbocycles. The molecule has 21 heavy (non-hydrogen) atoms. The van der Waals surface area contributed by atoms with E-state index >= 15 is 0 Å². The van der Waals surface area contributed by atoms with Crippen molar-refractivity contribution in [3.63, 3.8) is 0 Å². The number of nitrogens with zero attached hydrogens (tertiary/aromatic N) is 2. The number of ketones is 1. The van der Waals surface area contributed by atoms with Crippen LogP contribution >= 0.6 is 15.9 Å². The Kier molecular flexibility index (Phi) is 5.93. The van der Waals surface area contributed by atoms with E-state index in [1.807, 2.05) is 38.4 Å². The van der Waals surface area contributed by atoms with Gasteiger partial charge in [0.2, 0.25) is 0 Å². The van der Waals surface area contributed by atoms with Crippen LogP contribution in [0.3, 0.4) is 0 Å². The molecule has 2 atom stereocenters. The molecule has 2 rings (SSSR count). The second-order valence-electron chi connectivity index (χ2n) is 5.95. The molecular formula is C16H23BrN2O2. The average molecular weight is 355 g/mol. The highest BCUT2D eigenvalue weighted by Crippen LogP contribution is 2.21. The van der Waals surface area contributed by atoms with Crippen molar-refractivity contribution in [2.45, 2.75) is 25.0 Å². The number of carbonyl (C=O) groups excluding carboxylic acids is 1. The molecule has 1 heterocycles. The van der Waals surface area contributed by atoms with Crippen LogP contribution in [0, 0.1) is 0 Å². The Hall–Kier alpha value is -0.750. The summed E-state index contributed by atoms with van der Waals surface area (Å²) in [4.78, 5) is 16.7. The van der Waals surface area contributed by atoms with Gasteiger partial charge in [-0.3, -0.25) is 9.69 Å². The van der Waals surface area contributed by atoms with Crippen LogP contribution in [0.4, 0.5) is 0 Å². The number of aliphatic hydroxyl groups excluding tert-OH is 1. The Balaban J connectivity index is 1.92. The number of β-amino-alcohol motifs (C(OH)–C–C–N with tert-alkyl or cyclic N) is 1. The van der Waals surface area contributed by atoms with Crippen molar-refractivity contribution < 1.29 is 9.90 Å². The number of likely N-dealkylation sites (N-methyl/N-ethyl adjacent to an activating group) is 1. The minimum Gasteiger partial charge on any atom is -0.392 e. The SMILES string of the molecule is CN(C)CC1CC(O)CN1CCC(=O)c1ccccc1Br. The van der Waals surface area contributed by atoms with Gasteiger partial charge in [0.05, 0.1) is 6.10 Å². The van der Waals surface area contributed by atoms with Crippen molar-refractivity contribution >= 4 is 21.7 Å². The Morgan fingerprint density at radius 1 is 1.43 bits per heavy atom. The molecule has 2 unspecified atom stereocenters. The van der Waals surface area contributed by atoms with Crippen molar-refractivity contribution in [2.75, 3.05) is 33.7 Å². The van der Waals surface area contributed by atoms with E-state index in [-0.39, 0.29) is 11.9 Å². The lowest BCUT2D eigenvalue weighted by molar-refractivity contribution is 0.0952. The van der Waals surface area contributed by atoms with E-state index in [1.165, 1.54) is 0 Å². The molecule has 0 aromatic heterocycles. The molecule has 5 heteroatoms. The summed E-state index contributed by atoms with van der Waals surface area (Å²) in [6.45, 7) is 2.29. The largest absolute Gasteiger partial charge is 0.392 e. The fourth-order valence-corrected chi connectivity index (χ4v) is 3.42. The van der Waals surface area contributed by atoms with Gasteiger partial charge in [-0.25, -0.2) is 0 Å². The van der Waals surface area contributed by atoms with Crippen molar-refractivity contribution in [1.29, 1.82) is 0 Å². The van der Waals surface area contributed by atoms with Crippen LogP contribution < -0.4 is 0 Å². The third-order valence-corrected chi connectivity index (χ3v) is 4.57. The van der Waals surface area contributed by atoms with Crippen molar-refractivity contribution in [1.82, 2.24) is 9.80 Å². The average Bonchev–Trinajstić information content (AvgIpc) is 2.75. The van der Waals surface area contributed by atoms with Gasteiger partial charge < -0.3 is 10.0 Å². The highest BCUT2D eigenvalue weighted by Gasteiger charge is 2.31. The quantitative estimate of drug-likeness (QED) is 0.793. The first kappa shape index (κ1) is 16.6. The number of aliphatic hydroxyl groups is 1. The van der Waals surface area contributed by atoms with Crippen LogP contribution in [0.2, 0.25) is 0 Å². The summed E-state index contributed by atoms with van der Waals surface area (Å²) < 4.78 is 0.848. The summed E-state index contributed by atoms with van der Waals surface area (Å²) in [5.41, 5.74) is 0.737. The zero-order valence-electron chi connectivity index (χ0n) is 12.6. The highest BCUT2D eigenvalue weighted by molar-refractivity contribution is 9.10. The van der Waals surface area contributed by atoms with Gasteiger partial charge in [0.15, 0.2) is 5.78 Å². The van der Waals surface area contributed by atoms with Crippen LogP contribution in [0.5, 0.6) is 0 Å². The number of likely N-dealkylation sites (tertiary alicyclic amines) is 1. The lowest BCUT2D eigenvalue weighted by Crippen LogP contribution is -2.38. The second kappa shape index (κ2) is 7.49. The Morgan fingerprint density at radius 3 is 2.81 bits per heavy atom. The summed E-state index contributed by atoms with van der Waals surface area (Å²) in [6.07, 6.45) is 1.01. The summed E-state index contributed by atoms with van der Waals surface area (Å²) in [7, 11) is 4.07. The maximum Gasteiger partial charge on any atom is 0.165 e. The van der Waals surface area contributed by atoms with E-state index in [1.54, 1.807) is 0 Å². The van der Waals surface area contributed by atoms with Gasteiger partial charge in [-0.05, 0) is 26.6 Å². The molecule has 1 aromatic rings. The molecule has 1 aromatic carbocycles. The van der Waals surface area contributed by atoms with Crippen LogP contribution in [0.25, 0.3) is 0 Å². The van der Waals surface area contributed by atoms with Crippen LogP contribution in [0.15, 0.2) is 28.7 Å². The van der Waals surface area contributed by atoms with Gasteiger partial charge in [-0.15, -0.1) is 0 Å². The molecule has 0 aliphatic carbocycles. The Bertz CT molecular complexity index is 493. The topological polar surface area (TPSA) is 43.8 Å². The van der Waals surface area contributed by atoms with E-state index < -0.39 is 0 Å². The molecule has 0 spiro atoms. The maximum absolute atomic E-state index is 12.3. The van der Waals surface area contributed by atoms with Crippen LogP contribution in [0.1, 0.15) is 23.2 Å². The number of hydrogen-bond acceptors (Lipinski definition) is 4. The van der Waals surface area contributed by atoms with Crippen LogP contribution in [-0.4, -0.2) is 66.6 Å². The summed E-state index contributed by atoms with van der Waals surface area (Å²) in [5.74, 6) is 0.146. The highest BCUT2D eigenvalue weighted by atomic mass is 79.9. The second-order valence-corrected chi connectivity index (χ2v) is 6.81. The predicted molar refractivity (Wildman–Crippen MR) is 87.6 cm³/mol. The normalized spacial score (nSPS) is 22.9. The Labute approximate surface area is 134 Å². The van der Waals surface area contributed by atoms with Crippen molar-refractivity contribution in [3.8, 4) is 0 Å². The Morgan fingerprint density at radius 2 is 2.14 bits per heavy atom. The van der Waals surface area contributed by atoms with E-state index in [0.29, 0.717) is 25.6 Å². The third kappa shape index (κ3) is 4.61. The van der Waals surface area contributed by atoms with Gasteiger partial charge in [-0.1, -0.05) is 34.1 Å². The van der Waals surface area contributed by atoms with Gasteiger partial charge in [0, 0.05) is 42.1 Å². The van der Waals surface area contributed by atoms with Gasteiger partial charge in [-0.2, -0.15) is 0 Å². The van der Waals surface area contributed by atoms with Crippen molar-refractivity contribution in [2.24, 2.45) is 0 Å². The first-order valence-electron chi connectivity index (χ1n) is 7.32. The summed E-state index contributed by atoms with van der Waals surface area (Å²) in [6, 6.07) is 7.86. The lowest BCUT2D eigenvalue weighted by atomic mass is 10.1. The molecule has 0 radical (unpaired) electrons. The standard InChI is InChI=1S/C16H23BrN2O2/c1-18(2)10-12-9-13(20)11-19(12)8-7-16(21)14-5-3-4-6-15(14)17/h3-6,12-13,20H,7-11H2,1-2H3. The summed E-state index contributed by atoms with van der Waals surface area (Å²) in [5, 5.41) is 9.86. The monoisotopic (exact) mass is 354 g/mol. The number of carbonyl (C=O) groups is 1. The zero-order chi connectivity index (χ0) is 15.4. The fraction of sp³-hybridized carbons (Fsp3) is 0.562. The minimum atomic E-state index is -0.270. The van der Waals surface area contributed by atoms with Gasteiger partial charge in [0.25, 0.3) is 0 Å². The number of halogens is 1. The first-order chi connectivity index (χ1) is 9.97. The smallest absolute Gasteiger partial charge is 0.165 e. The van der Waals surface area contributed by atoms with E-state index in [2.05, 4.69) is 25.7 Å². The molecule has 116 valence electrons. The molecule has 0 bridgehead atoms. The maximum atomic E-state index is 12.3. The minimum absolute atomic E-state index is 0.146. The number of Topliss-reactive ketones (excluding diaryl/α,β-unsaturated/α-hetero) is 1. The van der Waals surface area contributed by atoms with Crippen molar-refractivity contribution in [3.05, 3.63) is 34.3 Å². The number of hydrogen-bond donors (Lipinski definition) is 1. The molecular weight excluding hydrogens is 332 g/mol. The van der Waals surface area contributed by atoms with Gasteiger partial charge in [0.1, 0.15) is 0 Å². The first-order valence-corrected chi connectivity index (χ1v) is 8.11. The fourth-order valence-electron chi connectivity index (χ4n) is 2.91. The molecule has 0 amide bonds.